The summed E-state index contributed by atoms with van der Waals surface area (Å²) < 4.78 is 7.05. The van der Waals surface area contributed by atoms with Crippen molar-refractivity contribution in [2.75, 3.05) is 20.3 Å². The predicted octanol–water partition coefficient (Wildman–Crippen LogP) is 2.42. The van der Waals surface area contributed by atoms with Crippen molar-refractivity contribution in [1.29, 1.82) is 0 Å². The van der Waals surface area contributed by atoms with Crippen LogP contribution in [0.5, 0.6) is 0 Å². The highest BCUT2D eigenvalue weighted by atomic mass is 35.5. The molecular formula is C22H23ClN4O4. The normalized spacial score (nSPS) is 11.8. The lowest BCUT2D eigenvalue weighted by Gasteiger charge is -2.17. The van der Waals surface area contributed by atoms with E-state index >= 15 is 0 Å². The van der Waals surface area contributed by atoms with Gasteiger partial charge < -0.3 is 10.1 Å². The maximum Gasteiger partial charge on any atom is 0.352 e. The van der Waals surface area contributed by atoms with Gasteiger partial charge in [0.25, 0.3) is 11.5 Å². The van der Waals surface area contributed by atoms with E-state index in [1.807, 2.05) is 30.3 Å². The molecule has 0 fully saturated rings. The van der Waals surface area contributed by atoms with Gasteiger partial charge in [-0.1, -0.05) is 41.9 Å². The lowest BCUT2D eigenvalue weighted by Crippen LogP contribution is -2.47. The highest BCUT2D eigenvalue weighted by Gasteiger charge is 2.23. The summed E-state index contributed by atoms with van der Waals surface area (Å²) in [5.74, 6) is -0.655. The number of nitrogens with zero attached hydrogens (tertiary/aromatic N) is 3. The van der Waals surface area contributed by atoms with Crippen LogP contribution in [0.3, 0.4) is 0 Å². The van der Waals surface area contributed by atoms with Crippen molar-refractivity contribution < 1.29 is 9.53 Å². The van der Waals surface area contributed by atoms with E-state index < -0.39 is 23.2 Å². The van der Waals surface area contributed by atoms with Gasteiger partial charge in [0.05, 0.1) is 11.7 Å². The van der Waals surface area contributed by atoms with Crippen LogP contribution in [0.2, 0.25) is 5.02 Å². The number of carbonyl (C=O) groups is 1. The number of hydrogen-bond acceptors (Lipinski definition) is 5. The Morgan fingerprint density at radius 2 is 1.81 bits per heavy atom. The molecule has 2 aromatic carbocycles. The SMILES string of the molecule is COCCCNC(=O)c1nn(-c2ccc(Cl)cc2)c(=O)n([C@H](C)c2ccccc2)c1=O. The van der Waals surface area contributed by atoms with Crippen molar-refractivity contribution in [3.05, 3.63) is 91.7 Å². The topological polar surface area (TPSA) is 95.2 Å². The summed E-state index contributed by atoms with van der Waals surface area (Å²) in [6.07, 6.45) is 0.577. The largest absolute Gasteiger partial charge is 0.385 e. The molecule has 0 unspecified atom stereocenters. The van der Waals surface area contributed by atoms with Crippen molar-refractivity contribution in [3.63, 3.8) is 0 Å². The molecule has 8 nitrogen and oxygen atoms in total. The molecular weight excluding hydrogens is 420 g/mol. The quantitative estimate of drug-likeness (QED) is 0.540. The van der Waals surface area contributed by atoms with Crippen LogP contribution in [0.25, 0.3) is 5.69 Å². The van der Waals surface area contributed by atoms with Gasteiger partial charge in [-0.25, -0.2) is 9.36 Å². The molecule has 1 heterocycles. The number of benzene rings is 2. The Morgan fingerprint density at radius 3 is 2.45 bits per heavy atom. The summed E-state index contributed by atoms with van der Waals surface area (Å²) in [4.78, 5) is 39.1. The van der Waals surface area contributed by atoms with Crippen molar-refractivity contribution >= 4 is 17.5 Å². The fourth-order valence-electron chi connectivity index (χ4n) is 3.11. The van der Waals surface area contributed by atoms with Crippen molar-refractivity contribution in [1.82, 2.24) is 19.7 Å². The van der Waals surface area contributed by atoms with Gasteiger partial charge in [-0.15, -0.1) is 0 Å². The third kappa shape index (κ3) is 5.10. The number of halogens is 1. The Balaban J connectivity index is 2.13. The molecule has 0 saturated heterocycles. The number of aromatic nitrogens is 3. The Bertz CT molecular complexity index is 1160. The van der Waals surface area contributed by atoms with Crippen LogP contribution in [0.4, 0.5) is 0 Å². The van der Waals surface area contributed by atoms with Gasteiger partial charge >= 0.3 is 5.69 Å². The average Bonchev–Trinajstić information content (AvgIpc) is 2.78. The summed E-state index contributed by atoms with van der Waals surface area (Å²) in [7, 11) is 1.56. The fourth-order valence-corrected chi connectivity index (χ4v) is 3.23. The number of ether oxygens (including phenoxy) is 1. The van der Waals surface area contributed by atoms with Gasteiger partial charge in [-0.05, 0) is 43.2 Å². The number of nitrogens with one attached hydrogen (secondary N) is 1. The Hall–Kier alpha value is -3.23. The monoisotopic (exact) mass is 442 g/mol. The minimum Gasteiger partial charge on any atom is -0.385 e. The van der Waals surface area contributed by atoms with Gasteiger partial charge in [0.15, 0.2) is 0 Å². The van der Waals surface area contributed by atoms with E-state index in [1.165, 1.54) is 0 Å². The lowest BCUT2D eigenvalue weighted by molar-refractivity contribution is 0.0938. The molecule has 0 bridgehead atoms. The Kier molecular flexibility index (Phi) is 7.38. The van der Waals surface area contributed by atoms with Crippen molar-refractivity contribution in [3.8, 4) is 5.69 Å². The molecule has 0 aliphatic rings. The van der Waals surface area contributed by atoms with E-state index in [-0.39, 0.29) is 5.69 Å². The molecule has 0 aliphatic heterocycles. The minimum atomic E-state index is -0.754. The van der Waals surface area contributed by atoms with E-state index in [2.05, 4.69) is 10.4 Å². The second-order valence-electron chi connectivity index (χ2n) is 6.88. The zero-order chi connectivity index (χ0) is 22.4. The maximum atomic E-state index is 13.2. The van der Waals surface area contributed by atoms with Crippen LogP contribution in [0.1, 0.15) is 35.4 Å². The first-order valence-corrected chi connectivity index (χ1v) is 10.2. The molecule has 1 amide bonds. The molecule has 1 N–H and O–H groups in total. The molecule has 1 atom stereocenters. The molecule has 3 aromatic rings. The molecule has 0 aliphatic carbocycles. The number of amides is 1. The second kappa shape index (κ2) is 10.2. The van der Waals surface area contributed by atoms with Crippen LogP contribution < -0.4 is 16.6 Å². The van der Waals surface area contributed by atoms with Crippen LogP contribution in [0.15, 0.2) is 64.2 Å². The van der Waals surface area contributed by atoms with Crippen LogP contribution in [0, 0.1) is 0 Å². The van der Waals surface area contributed by atoms with Crippen molar-refractivity contribution in [2.45, 2.75) is 19.4 Å². The molecule has 1 aromatic heterocycles. The molecule has 9 heteroatoms. The summed E-state index contributed by atoms with van der Waals surface area (Å²) >= 11 is 5.95. The van der Waals surface area contributed by atoms with E-state index in [9.17, 15) is 14.4 Å². The van der Waals surface area contributed by atoms with Crippen molar-refractivity contribution in [2.24, 2.45) is 0 Å². The lowest BCUT2D eigenvalue weighted by atomic mass is 10.1. The molecule has 0 saturated carbocycles. The summed E-state index contributed by atoms with van der Waals surface area (Å²) in [6.45, 7) is 2.50. The van der Waals surface area contributed by atoms with E-state index in [0.29, 0.717) is 30.3 Å². The number of methoxy groups -OCH3 is 1. The zero-order valence-electron chi connectivity index (χ0n) is 17.2. The summed E-state index contributed by atoms with van der Waals surface area (Å²) in [6, 6.07) is 14.9. The smallest absolute Gasteiger partial charge is 0.352 e. The number of rotatable bonds is 8. The van der Waals surface area contributed by atoms with E-state index in [0.717, 1.165) is 14.8 Å². The first-order valence-electron chi connectivity index (χ1n) is 9.78. The molecule has 3 rings (SSSR count). The Morgan fingerprint density at radius 1 is 1.13 bits per heavy atom. The highest BCUT2D eigenvalue weighted by molar-refractivity contribution is 6.30. The highest BCUT2D eigenvalue weighted by Crippen LogP contribution is 2.15. The third-order valence-corrected chi connectivity index (χ3v) is 5.03. The summed E-state index contributed by atoms with van der Waals surface area (Å²) in [5.41, 5.74) is -0.635. The third-order valence-electron chi connectivity index (χ3n) is 4.77. The fraction of sp³-hybridized carbons (Fsp3) is 0.273. The van der Waals surface area contributed by atoms with E-state index in [4.69, 9.17) is 16.3 Å². The molecule has 31 heavy (non-hydrogen) atoms. The number of hydrogen-bond donors (Lipinski definition) is 1. The first kappa shape index (κ1) is 22.5. The first-order chi connectivity index (χ1) is 14.9. The molecule has 162 valence electrons. The summed E-state index contributed by atoms with van der Waals surface area (Å²) in [5, 5.41) is 7.23. The second-order valence-corrected chi connectivity index (χ2v) is 7.32. The van der Waals surface area contributed by atoms with Gasteiger partial charge in [0.2, 0.25) is 5.69 Å². The van der Waals surface area contributed by atoms with E-state index in [1.54, 1.807) is 38.3 Å². The minimum absolute atomic E-state index is 0.308. The predicted molar refractivity (Wildman–Crippen MR) is 118 cm³/mol. The van der Waals surface area contributed by atoms with Gasteiger partial charge in [0, 0.05) is 25.3 Å². The molecule has 0 spiro atoms. The van der Waals surface area contributed by atoms with Crippen LogP contribution >= 0.6 is 11.6 Å². The average molecular weight is 443 g/mol. The zero-order valence-corrected chi connectivity index (χ0v) is 18.0. The number of carbonyl (C=O) groups excluding carboxylic acids is 1. The van der Waals surface area contributed by atoms with Crippen LogP contribution in [-0.2, 0) is 4.74 Å². The van der Waals surface area contributed by atoms with Crippen LogP contribution in [-0.4, -0.2) is 40.5 Å². The maximum absolute atomic E-state index is 13.2. The Labute approximate surface area is 184 Å². The van der Waals surface area contributed by atoms with Gasteiger partial charge in [-0.2, -0.15) is 9.78 Å². The van der Waals surface area contributed by atoms with Gasteiger partial charge in [-0.3, -0.25) is 9.59 Å². The van der Waals surface area contributed by atoms with Gasteiger partial charge in [0.1, 0.15) is 0 Å². The standard InChI is InChI=1S/C22H23ClN4O4/c1-15(16-7-4-3-5-8-16)26-21(29)19(20(28)24-13-6-14-31-2)25-27(22(26)30)18-11-9-17(23)10-12-18/h3-5,7-12,15H,6,13-14H2,1-2H3,(H,24,28)/t15-/m1/s1. The molecule has 0 radical (unpaired) electrons.